The van der Waals surface area contributed by atoms with Gasteiger partial charge >= 0.3 is 0 Å². The molecule has 0 aromatic rings. The molecule has 0 unspecified atom stereocenters. The van der Waals surface area contributed by atoms with Gasteiger partial charge < -0.3 is 0 Å². The molecular weight excluding hydrogens is 184 g/mol. The van der Waals surface area contributed by atoms with E-state index in [9.17, 15) is 0 Å². The molecular formula is C10H18S2. The van der Waals surface area contributed by atoms with Crippen molar-refractivity contribution in [2.75, 3.05) is 0 Å². The van der Waals surface area contributed by atoms with Crippen molar-refractivity contribution in [1.29, 1.82) is 0 Å². The third-order valence-electron chi connectivity index (χ3n) is 2.52. The van der Waals surface area contributed by atoms with Crippen molar-refractivity contribution in [1.82, 2.24) is 0 Å². The SMILES string of the molecule is CC(C)[C@H]1CC[C@@](C)(/C=C\S)S1. The highest BCUT2D eigenvalue weighted by Gasteiger charge is 2.34. The fourth-order valence-electron chi connectivity index (χ4n) is 1.64. The van der Waals surface area contributed by atoms with Crippen LogP contribution >= 0.6 is 24.4 Å². The molecule has 2 atom stereocenters. The first-order valence-corrected chi connectivity index (χ1v) is 5.97. The van der Waals surface area contributed by atoms with Gasteiger partial charge in [-0.2, -0.15) is 12.6 Å². The lowest BCUT2D eigenvalue weighted by Crippen LogP contribution is -2.12. The Kier molecular flexibility index (Phi) is 3.59. The summed E-state index contributed by atoms with van der Waals surface area (Å²) in [6.07, 6.45) is 4.89. The summed E-state index contributed by atoms with van der Waals surface area (Å²) < 4.78 is 0.358. The molecule has 70 valence electrons. The van der Waals surface area contributed by atoms with E-state index < -0.39 is 0 Å². The summed E-state index contributed by atoms with van der Waals surface area (Å²) in [5.41, 5.74) is 0. The highest BCUT2D eigenvalue weighted by molar-refractivity contribution is 8.01. The highest BCUT2D eigenvalue weighted by atomic mass is 32.2. The first-order valence-electron chi connectivity index (χ1n) is 4.57. The van der Waals surface area contributed by atoms with Gasteiger partial charge in [0, 0.05) is 10.00 Å². The van der Waals surface area contributed by atoms with Crippen LogP contribution in [0.3, 0.4) is 0 Å². The maximum absolute atomic E-state index is 4.14. The Morgan fingerprint density at radius 1 is 1.58 bits per heavy atom. The van der Waals surface area contributed by atoms with Gasteiger partial charge in [-0.3, -0.25) is 0 Å². The Hall–Kier alpha value is 0.440. The van der Waals surface area contributed by atoms with Gasteiger partial charge in [0.15, 0.2) is 0 Å². The average molecular weight is 202 g/mol. The highest BCUT2D eigenvalue weighted by Crippen LogP contribution is 2.46. The number of hydrogen-bond acceptors (Lipinski definition) is 2. The lowest BCUT2D eigenvalue weighted by Gasteiger charge is -2.20. The molecule has 0 saturated carbocycles. The van der Waals surface area contributed by atoms with Gasteiger partial charge in [0.05, 0.1) is 0 Å². The second kappa shape index (κ2) is 4.10. The molecule has 1 aliphatic rings. The van der Waals surface area contributed by atoms with Gasteiger partial charge in [-0.15, -0.1) is 11.8 Å². The number of thiol groups is 1. The van der Waals surface area contributed by atoms with Gasteiger partial charge in [0.2, 0.25) is 0 Å². The van der Waals surface area contributed by atoms with Crippen LogP contribution in [0.25, 0.3) is 0 Å². The van der Waals surface area contributed by atoms with Crippen molar-refractivity contribution in [3.8, 4) is 0 Å². The van der Waals surface area contributed by atoms with Crippen molar-refractivity contribution in [2.45, 2.75) is 43.6 Å². The molecule has 0 amide bonds. The van der Waals surface area contributed by atoms with E-state index in [1.807, 2.05) is 5.41 Å². The van der Waals surface area contributed by atoms with E-state index in [0.717, 1.165) is 11.2 Å². The van der Waals surface area contributed by atoms with Gasteiger partial charge in [0.1, 0.15) is 0 Å². The zero-order chi connectivity index (χ0) is 9.19. The Labute approximate surface area is 85.6 Å². The molecule has 1 saturated heterocycles. The molecule has 0 spiro atoms. The molecule has 0 radical (unpaired) electrons. The third-order valence-corrected chi connectivity index (χ3v) is 4.63. The maximum atomic E-state index is 4.14. The number of thioether (sulfide) groups is 1. The van der Waals surface area contributed by atoms with E-state index in [-0.39, 0.29) is 0 Å². The molecule has 1 heterocycles. The van der Waals surface area contributed by atoms with E-state index >= 15 is 0 Å². The van der Waals surface area contributed by atoms with Gasteiger partial charge in [0.25, 0.3) is 0 Å². The van der Waals surface area contributed by atoms with Crippen LogP contribution in [0.5, 0.6) is 0 Å². The quantitative estimate of drug-likeness (QED) is 0.666. The summed E-state index contributed by atoms with van der Waals surface area (Å²) in [6.45, 7) is 6.94. The zero-order valence-electron chi connectivity index (χ0n) is 8.08. The van der Waals surface area contributed by atoms with Crippen LogP contribution in [0.2, 0.25) is 0 Å². The van der Waals surface area contributed by atoms with Crippen LogP contribution in [0, 0.1) is 5.92 Å². The fraction of sp³-hybridized carbons (Fsp3) is 0.800. The molecule has 0 N–H and O–H groups in total. The molecule has 1 fully saturated rings. The van der Waals surface area contributed by atoms with E-state index in [4.69, 9.17) is 0 Å². The first-order chi connectivity index (χ1) is 5.57. The molecule has 0 aromatic heterocycles. The van der Waals surface area contributed by atoms with Crippen LogP contribution in [0.1, 0.15) is 33.6 Å². The Bertz CT molecular complexity index is 175. The summed E-state index contributed by atoms with van der Waals surface area (Å²) in [7, 11) is 0. The molecule has 1 rings (SSSR count). The number of rotatable bonds is 2. The third kappa shape index (κ3) is 2.46. The summed E-state index contributed by atoms with van der Waals surface area (Å²) in [5.74, 6) is 0.810. The largest absolute Gasteiger partial charge is 0.152 e. The minimum atomic E-state index is 0.358. The smallest absolute Gasteiger partial charge is 0.0321 e. The summed E-state index contributed by atoms with van der Waals surface area (Å²) in [4.78, 5) is 0. The van der Waals surface area contributed by atoms with Crippen molar-refractivity contribution in [3.05, 3.63) is 11.5 Å². The topological polar surface area (TPSA) is 0 Å². The maximum Gasteiger partial charge on any atom is 0.0321 e. The van der Waals surface area contributed by atoms with Crippen molar-refractivity contribution in [2.24, 2.45) is 5.92 Å². The van der Waals surface area contributed by atoms with Gasteiger partial charge in [-0.05, 0) is 31.1 Å². The Balaban J connectivity index is 2.54. The van der Waals surface area contributed by atoms with Crippen molar-refractivity contribution in [3.63, 3.8) is 0 Å². The van der Waals surface area contributed by atoms with Crippen molar-refractivity contribution >= 4 is 24.4 Å². The van der Waals surface area contributed by atoms with E-state index in [1.165, 1.54) is 12.8 Å². The Morgan fingerprint density at radius 2 is 2.25 bits per heavy atom. The van der Waals surface area contributed by atoms with Gasteiger partial charge in [-0.1, -0.05) is 19.9 Å². The predicted octanol–water partition coefficient (Wildman–Crippen LogP) is 3.74. The van der Waals surface area contributed by atoms with Crippen molar-refractivity contribution < 1.29 is 0 Å². The Morgan fingerprint density at radius 3 is 2.67 bits per heavy atom. The predicted molar refractivity (Wildman–Crippen MR) is 62.0 cm³/mol. The number of hydrogen-bond donors (Lipinski definition) is 1. The standard InChI is InChI=1S/C10H18S2/c1-8(2)9-4-5-10(3,12-9)6-7-11/h6-9,11H,4-5H2,1-3H3/b7-6-/t9-,10+/m1/s1. The minimum absolute atomic E-state index is 0.358. The van der Waals surface area contributed by atoms with Crippen LogP contribution < -0.4 is 0 Å². The molecule has 0 aromatic carbocycles. The zero-order valence-corrected chi connectivity index (χ0v) is 9.79. The minimum Gasteiger partial charge on any atom is -0.152 e. The van der Waals surface area contributed by atoms with Crippen LogP contribution in [-0.2, 0) is 0 Å². The monoisotopic (exact) mass is 202 g/mol. The fourth-order valence-corrected chi connectivity index (χ4v) is 3.65. The lowest BCUT2D eigenvalue weighted by molar-refractivity contribution is 0.569. The molecule has 12 heavy (non-hydrogen) atoms. The van der Waals surface area contributed by atoms with Crippen LogP contribution in [-0.4, -0.2) is 10.00 Å². The molecule has 0 nitrogen and oxygen atoms in total. The average Bonchev–Trinajstić information content (AvgIpc) is 2.33. The molecule has 0 aliphatic carbocycles. The second-order valence-electron chi connectivity index (χ2n) is 4.07. The molecule has 1 aliphatic heterocycles. The van der Waals surface area contributed by atoms with E-state index in [1.54, 1.807) is 0 Å². The molecule has 0 bridgehead atoms. The normalized spacial score (nSPS) is 36.9. The van der Waals surface area contributed by atoms with Crippen LogP contribution in [0.4, 0.5) is 0 Å². The summed E-state index contributed by atoms with van der Waals surface area (Å²) in [6, 6.07) is 0. The van der Waals surface area contributed by atoms with Gasteiger partial charge in [-0.25, -0.2) is 0 Å². The lowest BCUT2D eigenvalue weighted by atomic mass is 10.00. The first kappa shape index (κ1) is 10.5. The van der Waals surface area contributed by atoms with E-state index in [2.05, 4.69) is 51.2 Å². The molecule has 2 heteroatoms. The summed E-state index contributed by atoms with van der Waals surface area (Å²) in [5, 5.41) is 2.73. The second-order valence-corrected chi connectivity index (χ2v) is 6.14. The van der Waals surface area contributed by atoms with E-state index in [0.29, 0.717) is 4.75 Å². The van der Waals surface area contributed by atoms with Crippen LogP contribution in [0.15, 0.2) is 11.5 Å². The summed E-state index contributed by atoms with van der Waals surface area (Å²) >= 11 is 6.25.